The Labute approximate surface area is 196 Å². The van der Waals surface area contributed by atoms with Crippen LogP contribution in [0.4, 0.5) is 0 Å². The number of hydrogen-bond acceptors (Lipinski definition) is 4. The van der Waals surface area contributed by atoms with E-state index < -0.39 is 0 Å². The summed E-state index contributed by atoms with van der Waals surface area (Å²) in [5.74, 6) is -0.270. The Bertz CT molecular complexity index is 1120. The van der Waals surface area contributed by atoms with Gasteiger partial charge < -0.3 is 10.2 Å². The smallest absolute Gasteiger partial charge is 0.256 e. The van der Waals surface area contributed by atoms with Gasteiger partial charge in [0.2, 0.25) is 0 Å². The molecule has 1 aliphatic heterocycles. The second kappa shape index (κ2) is 9.71. The second-order valence-electron chi connectivity index (χ2n) is 7.78. The summed E-state index contributed by atoms with van der Waals surface area (Å²) in [6.07, 6.45) is 4.57. The SMILES string of the molecule is Cc1nn(Cc2ccccc2Cl)c(Cl)c1C(=O)NC1CCN(C(=O)c2ccncc2)CC1. The van der Waals surface area contributed by atoms with E-state index >= 15 is 0 Å². The number of aryl methyl sites for hydroxylation is 1. The molecule has 0 radical (unpaired) electrons. The number of carbonyl (C=O) groups is 2. The van der Waals surface area contributed by atoms with Gasteiger partial charge in [-0.3, -0.25) is 14.6 Å². The Hall–Kier alpha value is -2.90. The number of benzene rings is 1. The quantitative estimate of drug-likeness (QED) is 0.610. The Balaban J connectivity index is 1.38. The molecule has 32 heavy (non-hydrogen) atoms. The summed E-state index contributed by atoms with van der Waals surface area (Å²) < 4.78 is 1.59. The van der Waals surface area contributed by atoms with Crippen LogP contribution in [0.25, 0.3) is 0 Å². The van der Waals surface area contributed by atoms with Crippen LogP contribution in [0.1, 0.15) is 44.8 Å². The lowest BCUT2D eigenvalue weighted by atomic mass is 10.0. The van der Waals surface area contributed by atoms with Gasteiger partial charge in [-0.15, -0.1) is 0 Å². The molecule has 0 bridgehead atoms. The van der Waals surface area contributed by atoms with Crippen LogP contribution in [0, 0.1) is 6.92 Å². The van der Waals surface area contributed by atoms with E-state index in [1.165, 1.54) is 0 Å². The maximum Gasteiger partial charge on any atom is 0.256 e. The van der Waals surface area contributed by atoms with Gasteiger partial charge in [-0.2, -0.15) is 5.10 Å². The zero-order chi connectivity index (χ0) is 22.7. The zero-order valence-electron chi connectivity index (χ0n) is 17.6. The standard InChI is InChI=1S/C23H23Cl2N5O2/c1-15-20(21(25)30(28-15)14-17-4-2-3-5-19(17)24)22(31)27-18-8-12-29(13-9-18)23(32)16-6-10-26-11-7-16/h2-7,10-11,18H,8-9,12-14H2,1H3,(H,27,31). The van der Waals surface area contributed by atoms with E-state index in [0.717, 1.165) is 5.56 Å². The minimum absolute atomic E-state index is 0.0167. The molecular formula is C23H23Cl2N5O2. The monoisotopic (exact) mass is 471 g/mol. The van der Waals surface area contributed by atoms with Gasteiger partial charge in [-0.1, -0.05) is 41.4 Å². The molecule has 3 heterocycles. The highest BCUT2D eigenvalue weighted by Crippen LogP contribution is 2.24. The van der Waals surface area contributed by atoms with Crippen LogP contribution >= 0.6 is 23.2 Å². The Morgan fingerprint density at radius 3 is 2.47 bits per heavy atom. The first kappa shape index (κ1) is 22.3. The number of halogens is 2. The third kappa shape index (κ3) is 4.79. The van der Waals surface area contributed by atoms with Gasteiger partial charge in [-0.05, 0) is 43.5 Å². The molecule has 1 aromatic carbocycles. The zero-order valence-corrected chi connectivity index (χ0v) is 19.1. The van der Waals surface area contributed by atoms with Gasteiger partial charge in [0.25, 0.3) is 11.8 Å². The lowest BCUT2D eigenvalue weighted by Crippen LogP contribution is -2.46. The average molecular weight is 472 g/mol. The van der Waals surface area contributed by atoms with Crippen molar-refractivity contribution in [1.29, 1.82) is 0 Å². The van der Waals surface area contributed by atoms with Crippen molar-refractivity contribution in [2.24, 2.45) is 0 Å². The van der Waals surface area contributed by atoms with Crippen LogP contribution in [0.5, 0.6) is 0 Å². The first-order valence-electron chi connectivity index (χ1n) is 10.4. The summed E-state index contributed by atoms with van der Waals surface area (Å²) in [5.41, 5.74) is 2.42. The lowest BCUT2D eigenvalue weighted by Gasteiger charge is -2.32. The Morgan fingerprint density at radius 1 is 1.09 bits per heavy atom. The number of amides is 2. The molecule has 0 spiro atoms. The van der Waals surface area contributed by atoms with Gasteiger partial charge >= 0.3 is 0 Å². The molecule has 2 amide bonds. The number of hydrogen-bond donors (Lipinski definition) is 1. The summed E-state index contributed by atoms with van der Waals surface area (Å²) in [4.78, 5) is 31.3. The topological polar surface area (TPSA) is 80.1 Å². The van der Waals surface area contributed by atoms with Crippen molar-refractivity contribution in [3.63, 3.8) is 0 Å². The van der Waals surface area contributed by atoms with Crippen molar-refractivity contribution in [2.75, 3.05) is 13.1 Å². The molecule has 1 saturated heterocycles. The molecule has 0 unspecified atom stereocenters. The first-order valence-corrected chi connectivity index (χ1v) is 11.2. The first-order chi connectivity index (χ1) is 15.4. The highest BCUT2D eigenvalue weighted by atomic mass is 35.5. The van der Waals surface area contributed by atoms with Crippen LogP contribution in [-0.2, 0) is 6.54 Å². The van der Waals surface area contributed by atoms with Gasteiger partial charge in [0.1, 0.15) is 5.15 Å². The molecular weight excluding hydrogens is 449 g/mol. The van der Waals surface area contributed by atoms with E-state index in [2.05, 4.69) is 15.4 Å². The minimum Gasteiger partial charge on any atom is -0.349 e. The molecule has 9 heteroatoms. The van der Waals surface area contributed by atoms with Gasteiger partial charge in [0.05, 0.1) is 17.8 Å². The molecule has 4 rings (SSSR count). The molecule has 1 N–H and O–H groups in total. The molecule has 0 saturated carbocycles. The van der Waals surface area contributed by atoms with Crippen molar-refractivity contribution in [3.05, 3.63) is 81.4 Å². The number of nitrogens with zero attached hydrogens (tertiary/aromatic N) is 4. The van der Waals surface area contributed by atoms with Gasteiger partial charge in [0.15, 0.2) is 0 Å². The molecule has 0 atom stereocenters. The van der Waals surface area contributed by atoms with Crippen LogP contribution in [0.15, 0.2) is 48.8 Å². The fourth-order valence-corrected chi connectivity index (χ4v) is 4.38. The fourth-order valence-electron chi connectivity index (χ4n) is 3.87. The third-order valence-corrected chi connectivity index (χ3v) is 6.37. The fraction of sp³-hybridized carbons (Fsp3) is 0.304. The summed E-state index contributed by atoms with van der Waals surface area (Å²) in [7, 11) is 0. The number of carbonyl (C=O) groups excluding carboxylic acids is 2. The predicted octanol–water partition coefficient (Wildman–Crippen LogP) is 3.98. The van der Waals surface area contributed by atoms with E-state index in [1.54, 1.807) is 47.1 Å². The van der Waals surface area contributed by atoms with Crippen molar-refractivity contribution in [3.8, 4) is 0 Å². The lowest BCUT2D eigenvalue weighted by molar-refractivity contribution is 0.0698. The van der Waals surface area contributed by atoms with E-state index in [1.807, 2.05) is 18.2 Å². The number of nitrogens with one attached hydrogen (secondary N) is 1. The normalized spacial score (nSPS) is 14.4. The van der Waals surface area contributed by atoms with E-state index in [4.69, 9.17) is 23.2 Å². The molecule has 166 valence electrons. The summed E-state index contributed by atoms with van der Waals surface area (Å²) >= 11 is 12.8. The number of rotatable bonds is 5. The van der Waals surface area contributed by atoms with Crippen LogP contribution < -0.4 is 5.32 Å². The highest BCUT2D eigenvalue weighted by Gasteiger charge is 2.27. The summed E-state index contributed by atoms with van der Waals surface area (Å²) in [5, 5.41) is 8.39. The Kier molecular flexibility index (Phi) is 6.77. The van der Waals surface area contributed by atoms with E-state index in [0.29, 0.717) is 54.3 Å². The molecule has 7 nitrogen and oxygen atoms in total. The molecule has 2 aromatic heterocycles. The van der Waals surface area contributed by atoms with E-state index in [-0.39, 0.29) is 23.0 Å². The van der Waals surface area contributed by atoms with E-state index in [9.17, 15) is 9.59 Å². The van der Waals surface area contributed by atoms with Crippen molar-refractivity contribution >= 4 is 35.0 Å². The third-order valence-electron chi connectivity index (χ3n) is 5.62. The summed E-state index contributed by atoms with van der Waals surface area (Å²) in [6.45, 7) is 3.29. The number of likely N-dealkylation sites (tertiary alicyclic amines) is 1. The maximum atomic E-state index is 13.0. The van der Waals surface area contributed by atoms with Crippen molar-refractivity contribution in [1.82, 2.24) is 25.0 Å². The number of pyridine rings is 1. The van der Waals surface area contributed by atoms with Crippen LogP contribution in [-0.4, -0.2) is 50.6 Å². The van der Waals surface area contributed by atoms with Crippen LogP contribution in [0.2, 0.25) is 10.2 Å². The largest absolute Gasteiger partial charge is 0.349 e. The van der Waals surface area contributed by atoms with Gasteiger partial charge in [-0.25, -0.2) is 4.68 Å². The highest BCUT2D eigenvalue weighted by molar-refractivity contribution is 6.33. The number of aromatic nitrogens is 3. The summed E-state index contributed by atoms with van der Waals surface area (Å²) in [6, 6.07) is 10.8. The van der Waals surface area contributed by atoms with Gasteiger partial charge in [0, 0.05) is 42.1 Å². The van der Waals surface area contributed by atoms with Crippen molar-refractivity contribution < 1.29 is 9.59 Å². The predicted molar refractivity (Wildman–Crippen MR) is 123 cm³/mol. The Morgan fingerprint density at radius 2 is 1.78 bits per heavy atom. The maximum absolute atomic E-state index is 13.0. The number of piperidine rings is 1. The second-order valence-corrected chi connectivity index (χ2v) is 8.54. The minimum atomic E-state index is -0.253. The average Bonchev–Trinajstić information content (AvgIpc) is 3.08. The molecule has 3 aromatic rings. The molecule has 1 aliphatic rings. The molecule has 0 aliphatic carbocycles. The molecule has 1 fully saturated rings. The van der Waals surface area contributed by atoms with Crippen molar-refractivity contribution in [2.45, 2.75) is 32.4 Å². The van der Waals surface area contributed by atoms with Crippen LogP contribution in [0.3, 0.4) is 0 Å².